The van der Waals surface area contributed by atoms with Crippen molar-refractivity contribution < 1.29 is 9.53 Å². The molecule has 0 bridgehead atoms. The van der Waals surface area contributed by atoms with Crippen molar-refractivity contribution in [3.63, 3.8) is 0 Å². The molecule has 0 aliphatic carbocycles. The molecule has 1 amide bonds. The van der Waals surface area contributed by atoms with E-state index in [1.165, 1.54) is 0 Å². The third kappa shape index (κ3) is 2.51. The summed E-state index contributed by atoms with van der Waals surface area (Å²) in [6, 6.07) is 10.6. The fourth-order valence-electron chi connectivity index (χ4n) is 2.31. The summed E-state index contributed by atoms with van der Waals surface area (Å²) >= 11 is 5.84. The van der Waals surface area contributed by atoms with Gasteiger partial charge in [0.2, 0.25) is 0 Å². The van der Waals surface area contributed by atoms with Crippen molar-refractivity contribution >= 4 is 28.8 Å². The molecule has 0 unspecified atom stereocenters. The lowest BCUT2D eigenvalue weighted by atomic mass is 10.3. The van der Waals surface area contributed by atoms with E-state index in [4.69, 9.17) is 16.3 Å². The number of benzene rings is 1. The van der Waals surface area contributed by atoms with E-state index in [9.17, 15) is 4.79 Å². The number of imidazole rings is 1. The number of pyridine rings is 1. The molecule has 1 N–H and O–H groups in total. The molecule has 0 saturated carbocycles. The highest BCUT2D eigenvalue weighted by atomic mass is 35.5. The Labute approximate surface area is 132 Å². The number of aromatic nitrogens is 2. The first-order valence-corrected chi connectivity index (χ1v) is 7.06. The molecule has 5 nitrogen and oxygen atoms in total. The molecule has 6 heteroatoms. The van der Waals surface area contributed by atoms with Crippen LogP contribution < -0.4 is 10.1 Å². The number of carbonyl (C=O) groups excluding carboxylic acids is 1. The van der Waals surface area contributed by atoms with E-state index in [2.05, 4.69) is 10.3 Å². The first kappa shape index (κ1) is 14.4. The number of ether oxygens (including phenoxy) is 1. The van der Waals surface area contributed by atoms with Gasteiger partial charge in [0.15, 0.2) is 11.4 Å². The normalized spacial score (nSPS) is 10.7. The van der Waals surface area contributed by atoms with Crippen LogP contribution in [0.25, 0.3) is 5.65 Å². The standard InChI is InChI=1S/C16H14ClN3O2/c1-10-14(16(21)19-12-7-5-11(17)6-8-12)20-9-3-4-13(22-2)15(20)18-10/h3-9H,1-2H3,(H,19,21). The Morgan fingerprint density at radius 1 is 1.27 bits per heavy atom. The lowest BCUT2D eigenvalue weighted by Gasteiger charge is -2.07. The van der Waals surface area contributed by atoms with Gasteiger partial charge in [-0.05, 0) is 43.3 Å². The minimum atomic E-state index is -0.236. The number of hydrogen-bond acceptors (Lipinski definition) is 3. The van der Waals surface area contributed by atoms with Gasteiger partial charge in [0.05, 0.1) is 12.8 Å². The van der Waals surface area contributed by atoms with E-state index >= 15 is 0 Å². The maximum absolute atomic E-state index is 12.5. The van der Waals surface area contributed by atoms with Crippen molar-refractivity contribution in [3.8, 4) is 5.75 Å². The average molecular weight is 316 g/mol. The Kier molecular flexibility index (Phi) is 3.73. The summed E-state index contributed by atoms with van der Waals surface area (Å²) in [5, 5.41) is 3.46. The minimum Gasteiger partial charge on any atom is -0.493 e. The number of rotatable bonds is 3. The number of methoxy groups -OCH3 is 1. The quantitative estimate of drug-likeness (QED) is 0.804. The summed E-state index contributed by atoms with van der Waals surface area (Å²) in [7, 11) is 1.58. The highest BCUT2D eigenvalue weighted by molar-refractivity contribution is 6.30. The van der Waals surface area contributed by atoms with Gasteiger partial charge in [-0.25, -0.2) is 4.98 Å². The van der Waals surface area contributed by atoms with Crippen LogP contribution in [0, 0.1) is 6.92 Å². The Morgan fingerprint density at radius 2 is 2.00 bits per heavy atom. The number of hydrogen-bond donors (Lipinski definition) is 1. The van der Waals surface area contributed by atoms with Crippen molar-refractivity contribution in [3.05, 3.63) is 59.0 Å². The Hall–Kier alpha value is -2.53. The van der Waals surface area contributed by atoms with Gasteiger partial charge in [-0.1, -0.05) is 11.6 Å². The Bertz CT molecular complexity index is 840. The predicted octanol–water partition coefficient (Wildman–Crippen LogP) is 3.56. The van der Waals surface area contributed by atoms with Crippen LogP contribution >= 0.6 is 11.6 Å². The molecule has 0 spiro atoms. The van der Waals surface area contributed by atoms with Gasteiger partial charge in [0.1, 0.15) is 5.69 Å². The van der Waals surface area contributed by atoms with Crippen LogP contribution in [0.3, 0.4) is 0 Å². The van der Waals surface area contributed by atoms with Crippen LogP contribution in [0.2, 0.25) is 5.02 Å². The maximum atomic E-state index is 12.5. The summed E-state index contributed by atoms with van der Waals surface area (Å²) in [6.07, 6.45) is 1.79. The third-order valence-electron chi connectivity index (χ3n) is 3.33. The van der Waals surface area contributed by atoms with Crippen LogP contribution in [0.15, 0.2) is 42.6 Å². The predicted molar refractivity (Wildman–Crippen MR) is 85.9 cm³/mol. The van der Waals surface area contributed by atoms with E-state index in [0.717, 1.165) is 0 Å². The van der Waals surface area contributed by atoms with Crippen LogP contribution in [0.5, 0.6) is 5.75 Å². The molecule has 0 aliphatic heterocycles. The van der Waals surface area contributed by atoms with Crippen molar-refractivity contribution in [2.75, 3.05) is 12.4 Å². The summed E-state index contributed by atoms with van der Waals surface area (Å²) in [5.41, 5.74) is 2.40. The zero-order valence-corrected chi connectivity index (χ0v) is 12.9. The molecule has 1 aromatic carbocycles. The van der Waals surface area contributed by atoms with Gasteiger partial charge in [-0.3, -0.25) is 9.20 Å². The van der Waals surface area contributed by atoms with Gasteiger partial charge < -0.3 is 10.1 Å². The lowest BCUT2D eigenvalue weighted by Crippen LogP contribution is -2.15. The summed E-state index contributed by atoms with van der Waals surface area (Å²) in [4.78, 5) is 17.0. The average Bonchev–Trinajstić information content (AvgIpc) is 2.85. The van der Waals surface area contributed by atoms with E-state index in [0.29, 0.717) is 33.5 Å². The topological polar surface area (TPSA) is 55.6 Å². The van der Waals surface area contributed by atoms with Crippen LogP contribution in [0.1, 0.15) is 16.2 Å². The third-order valence-corrected chi connectivity index (χ3v) is 3.58. The van der Waals surface area contributed by atoms with Crippen LogP contribution in [-0.2, 0) is 0 Å². The Morgan fingerprint density at radius 3 is 2.68 bits per heavy atom. The summed E-state index contributed by atoms with van der Waals surface area (Å²) < 4.78 is 7.00. The molecule has 0 fully saturated rings. The van der Waals surface area contributed by atoms with Gasteiger partial charge in [0, 0.05) is 16.9 Å². The molecule has 0 atom stereocenters. The zero-order chi connectivity index (χ0) is 15.7. The molecular formula is C16H14ClN3O2. The second-order valence-electron chi connectivity index (χ2n) is 4.78. The first-order valence-electron chi connectivity index (χ1n) is 6.68. The molecular weight excluding hydrogens is 302 g/mol. The number of anilines is 1. The first-order chi connectivity index (χ1) is 10.6. The van der Waals surface area contributed by atoms with E-state index < -0.39 is 0 Å². The molecule has 3 aromatic rings. The van der Waals surface area contributed by atoms with E-state index in [1.807, 2.05) is 12.1 Å². The molecule has 3 rings (SSSR count). The summed E-state index contributed by atoms with van der Waals surface area (Å²) in [5.74, 6) is 0.386. The summed E-state index contributed by atoms with van der Waals surface area (Å²) in [6.45, 7) is 1.79. The molecule has 2 aromatic heterocycles. The number of nitrogens with one attached hydrogen (secondary N) is 1. The van der Waals surface area contributed by atoms with Crippen molar-refractivity contribution in [1.82, 2.24) is 9.38 Å². The molecule has 112 valence electrons. The monoisotopic (exact) mass is 315 g/mol. The molecule has 0 aliphatic rings. The molecule has 22 heavy (non-hydrogen) atoms. The largest absolute Gasteiger partial charge is 0.493 e. The highest BCUT2D eigenvalue weighted by Gasteiger charge is 2.18. The number of carbonyl (C=O) groups is 1. The van der Waals surface area contributed by atoms with Crippen LogP contribution in [0.4, 0.5) is 5.69 Å². The fraction of sp³-hybridized carbons (Fsp3) is 0.125. The number of aryl methyl sites for hydroxylation is 1. The number of amides is 1. The van der Waals surface area contributed by atoms with Gasteiger partial charge >= 0.3 is 0 Å². The SMILES string of the molecule is COc1cccn2c(C(=O)Nc3ccc(Cl)cc3)c(C)nc12. The zero-order valence-electron chi connectivity index (χ0n) is 12.1. The van der Waals surface area contributed by atoms with E-state index in [-0.39, 0.29) is 5.91 Å². The number of nitrogens with zero attached hydrogens (tertiary/aromatic N) is 2. The lowest BCUT2D eigenvalue weighted by molar-refractivity contribution is 0.102. The van der Waals surface area contributed by atoms with Crippen LogP contribution in [-0.4, -0.2) is 22.4 Å². The van der Waals surface area contributed by atoms with E-state index in [1.54, 1.807) is 48.9 Å². The van der Waals surface area contributed by atoms with Crippen molar-refractivity contribution in [2.45, 2.75) is 6.92 Å². The highest BCUT2D eigenvalue weighted by Crippen LogP contribution is 2.22. The molecule has 2 heterocycles. The van der Waals surface area contributed by atoms with Gasteiger partial charge in [0.25, 0.3) is 5.91 Å². The fourth-order valence-corrected chi connectivity index (χ4v) is 2.44. The minimum absolute atomic E-state index is 0.236. The molecule has 0 saturated heterocycles. The van der Waals surface area contributed by atoms with Gasteiger partial charge in [-0.15, -0.1) is 0 Å². The number of fused-ring (bicyclic) bond motifs is 1. The smallest absolute Gasteiger partial charge is 0.274 e. The number of halogens is 1. The van der Waals surface area contributed by atoms with Gasteiger partial charge in [-0.2, -0.15) is 0 Å². The molecule has 0 radical (unpaired) electrons. The second kappa shape index (κ2) is 5.69. The Balaban J connectivity index is 2.00. The second-order valence-corrected chi connectivity index (χ2v) is 5.21. The van der Waals surface area contributed by atoms with Crippen molar-refractivity contribution in [2.24, 2.45) is 0 Å². The maximum Gasteiger partial charge on any atom is 0.274 e. The van der Waals surface area contributed by atoms with Crippen molar-refractivity contribution in [1.29, 1.82) is 0 Å².